The lowest BCUT2D eigenvalue weighted by Gasteiger charge is -2.17. The molecule has 0 saturated heterocycles. The Morgan fingerprint density at radius 3 is 1.67 bits per heavy atom. The highest BCUT2D eigenvalue weighted by molar-refractivity contribution is 9.08. The third kappa shape index (κ3) is 20.1. The fraction of sp³-hybridized carbons (Fsp3) is 0.548. The highest BCUT2D eigenvalue weighted by atomic mass is 79.9. The van der Waals surface area contributed by atoms with E-state index in [1.165, 1.54) is 11.1 Å². The molecule has 0 bridgehead atoms. The molecule has 0 amide bonds. The smallest absolute Gasteiger partial charge is 0.309 e. The molecule has 1 unspecified atom stereocenters. The maximum absolute atomic E-state index is 11.9. The first-order valence-corrected chi connectivity index (χ1v) is 13.8. The molecule has 0 radical (unpaired) electrons. The van der Waals surface area contributed by atoms with Crippen molar-refractivity contribution in [2.24, 2.45) is 17.8 Å². The van der Waals surface area contributed by atoms with E-state index in [2.05, 4.69) is 67.9 Å². The average molecular weight is 566 g/mol. The van der Waals surface area contributed by atoms with Crippen LogP contribution in [-0.4, -0.2) is 25.2 Å². The van der Waals surface area contributed by atoms with Crippen LogP contribution in [0.3, 0.4) is 0 Å². The van der Waals surface area contributed by atoms with Crippen LogP contribution >= 0.6 is 15.9 Å². The van der Waals surface area contributed by atoms with E-state index in [1.54, 1.807) is 0 Å². The number of carbonyl (C=O) groups is 2. The molecule has 2 rings (SSSR count). The fourth-order valence-electron chi connectivity index (χ4n) is 3.20. The van der Waals surface area contributed by atoms with Crippen molar-refractivity contribution in [2.45, 2.75) is 80.0 Å². The van der Waals surface area contributed by atoms with Crippen molar-refractivity contribution >= 4 is 27.9 Å². The highest BCUT2D eigenvalue weighted by Gasteiger charge is 2.21. The van der Waals surface area contributed by atoms with Crippen molar-refractivity contribution in [3.05, 3.63) is 71.8 Å². The third-order valence-electron chi connectivity index (χ3n) is 4.93. The summed E-state index contributed by atoms with van der Waals surface area (Å²) >= 11 is 3.36. The Morgan fingerprint density at radius 1 is 0.778 bits per heavy atom. The number of ether oxygens (including phenoxy) is 2. The van der Waals surface area contributed by atoms with Gasteiger partial charge in [0.2, 0.25) is 0 Å². The molecular weight excluding hydrogens is 516 g/mol. The van der Waals surface area contributed by atoms with E-state index in [9.17, 15) is 9.59 Å². The van der Waals surface area contributed by atoms with Gasteiger partial charge in [-0.3, -0.25) is 9.59 Å². The summed E-state index contributed by atoms with van der Waals surface area (Å²) in [6.45, 7) is 13.1. The molecule has 2 aromatic rings. The van der Waals surface area contributed by atoms with Gasteiger partial charge in [0.15, 0.2) is 0 Å². The first-order valence-electron chi connectivity index (χ1n) is 12.7. The number of hydrogen-bond donors (Lipinski definition) is 0. The highest BCUT2D eigenvalue weighted by Crippen LogP contribution is 2.19. The van der Waals surface area contributed by atoms with Crippen LogP contribution in [0.1, 0.15) is 79.4 Å². The van der Waals surface area contributed by atoms with E-state index in [-0.39, 0.29) is 25.3 Å². The van der Waals surface area contributed by atoms with Gasteiger partial charge in [0, 0.05) is 11.8 Å². The lowest BCUT2D eigenvalue weighted by atomic mass is 9.91. The summed E-state index contributed by atoms with van der Waals surface area (Å²) < 4.78 is 9.89. The Bertz CT molecular complexity index is 776. The van der Waals surface area contributed by atoms with Crippen molar-refractivity contribution < 1.29 is 19.1 Å². The summed E-state index contributed by atoms with van der Waals surface area (Å²) in [6, 6.07) is 20.4. The number of benzene rings is 2. The van der Waals surface area contributed by atoms with Gasteiger partial charge in [0.1, 0.15) is 0 Å². The molecule has 0 aliphatic heterocycles. The van der Waals surface area contributed by atoms with Crippen molar-refractivity contribution in [3.8, 4) is 0 Å². The minimum Gasteiger partial charge on any atom is -0.466 e. The Kier molecular flexibility index (Phi) is 23.3. The van der Waals surface area contributed by atoms with Gasteiger partial charge in [-0.25, -0.2) is 0 Å². The molecule has 2 aromatic carbocycles. The van der Waals surface area contributed by atoms with Gasteiger partial charge in [0.25, 0.3) is 0 Å². The largest absolute Gasteiger partial charge is 0.466 e. The fourth-order valence-corrected chi connectivity index (χ4v) is 3.57. The van der Waals surface area contributed by atoms with Gasteiger partial charge in [-0.1, -0.05) is 112 Å². The monoisotopic (exact) mass is 564 g/mol. The van der Waals surface area contributed by atoms with E-state index in [4.69, 9.17) is 9.47 Å². The standard InChI is InChI=1S/C15H22O2.C8H16O2.C7H7Br.CH4/c1-4-17-15(16)14(10-12(2)3)11-13-8-6-5-7-9-13;1-4-10-8(9)6-5-7(2)3;8-6-7-4-2-1-3-5-7;/h5-9,12,14H,4,10-11H2,1-3H3;7H,4-6H2,1-3H3;1-5H,6H2;1H4. The van der Waals surface area contributed by atoms with Crippen LogP contribution in [-0.2, 0) is 30.8 Å². The molecule has 4 nitrogen and oxygen atoms in total. The first-order chi connectivity index (χ1) is 16.7. The van der Waals surface area contributed by atoms with Crippen LogP contribution in [0.5, 0.6) is 0 Å². The van der Waals surface area contributed by atoms with Crippen molar-refractivity contribution in [1.29, 1.82) is 0 Å². The Balaban J connectivity index is 0. The van der Waals surface area contributed by atoms with E-state index in [0.29, 0.717) is 31.5 Å². The second-order valence-electron chi connectivity index (χ2n) is 9.13. The van der Waals surface area contributed by atoms with E-state index >= 15 is 0 Å². The second-order valence-corrected chi connectivity index (χ2v) is 9.69. The minimum absolute atomic E-state index is 0. The Morgan fingerprint density at radius 2 is 1.28 bits per heavy atom. The number of carbonyl (C=O) groups excluding carboxylic acids is 2. The summed E-state index contributed by atoms with van der Waals surface area (Å²) in [5.41, 5.74) is 2.53. The molecule has 0 aromatic heterocycles. The maximum Gasteiger partial charge on any atom is 0.309 e. The molecule has 0 spiro atoms. The second kappa shape index (κ2) is 23.3. The average Bonchev–Trinajstić information content (AvgIpc) is 2.84. The zero-order valence-electron chi connectivity index (χ0n) is 22.5. The van der Waals surface area contributed by atoms with Gasteiger partial charge >= 0.3 is 11.9 Å². The summed E-state index contributed by atoms with van der Waals surface area (Å²) in [4.78, 5) is 22.6. The molecule has 0 heterocycles. The molecule has 36 heavy (non-hydrogen) atoms. The number of alkyl halides is 1. The number of hydrogen-bond acceptors (Lipinski definition) is 4. The summed E-state index contributed by atoms with van der Waals surface area (Å²) in [5, 5.41) is 0.952. The molecule has 204 valence electrons. The van der Waals surface area contributed by atoms with E-state index in [0.717, 1.165) is 24.6 Å². The molecule has 0 N–H and O–H groups in total. The third-order valence-corrected chi connectivity index (χ3v) is 5.58. The maximum atomic E-state index is 11.9. The molecule has 0 fully saturated rings. The summed E-state index contributed by atoms with van der Waals surface area (Å²) in [5.74, 6) is 0.941. The predicted molar refractivity (Wildman–Crippen MR) is 156 cm³/mol. The van der Waals surface area contributed by atoms with Gasteiger partial charge in [-0.15, -0.1) is 0 Å². The van der Waals surface area contributed by atoms with Crippen LogP contribution in [0.15, 0.2) is 60.7 Å². The predicted octanol–water partition coefficient (Wildman–Crippen LogP) is 8.66. The minimum atomic E-state index is -0.0730. The zero-order valence-corrected chi connectivity index (χ0v) is 24.1. The quantitative estimate of drug-likeness (QED) is 0.202. The zero-order chi connectivity index (χ0) is 26.5. The van der Waals surface area contributed by atoms with Crippen LogP contribution < -0.4 is 0 Å². The van der Waals surface area contributed by atoms with Gasteiger partial charge < -0.3 is 9.47 Å². The number of rotatable bonds is 11. The molecular formula is C31H49BrO4. The Hall–Kier alpha value is -2.14. The first kappa shape index (κ1) is 36.0. The van der Waals surface area contributed by atoms with E-state index in [1.807, 2.05) is 50.2 Å². The lowest BCUT2D eigenvalue weighted by Crippen LogP contribution is -2.21. The SMILES string of the molecule is BrCc1ccccc1.C.CCOC(=O)C(Cc1ccccc1)CC(C)C.CCOC(=O)CCC(C)C. The van der Waals surface area contributed by atoms with Crippen LogP contribution in [0.2, 0.25) is 0 Å². The lowest BCUT2D eigenvalue weighted by molar-refractivity contribution is -0.148. The Labute approximate surface area is 229 Å². The van der Waals surface area contributed by atoms with E-state index < -0.39 is 0 Å². The van der Waals surface area contributed by atoms with Gasteiger partial charge in [0.05, 0.1) is 19.1 Å². The van der Waals surface area contributed by atoms with Gasteiger partial charge in [-0.05, 0) is 56.1 Å². The van der Waals surface area contributed by atoms with Crippen LogP contribution in [0.25, 0.3) is 0 Å². The van der Waals surface area contributed by atoms with Crippen LogP contribution in [0.4, 0.5) is 0 Å². The molecule has 0 saturated carbocycles. The van der Waals surface area contributed by atoms with Crippen LogP contribution in [0, 0.1) is 17.8 Å². The van der Waals surface area contributed by atoms with Gasteiger partial charge in [-0.2, -0.15) is 0 Å². The topological polar surface area (TPSA) is 52.6 Å². The number of halogens is 1. The normalized spacial score (nSPS) is 10.7. The molecule has 5 heteroatoms. The van der Waals surface area contributed by atoms with Crippen molar-refractivity contribution in [3.63, 3.8) is 0 Å². The molecule has 0 aliphatic carbocycles. The summed E-state index contributed by atoms with van der Waals surface area (Å²) in [7, 11) is 0. The van der Waals surface area contributed by atoms with Crippen molar-refractivity contribution in [2.75, 3.05) is 13.2 Å². The summed E-state index contributed by atoms with van der Waals surface area (Å²) in [6.07, 6.45) is 3.15. The van der Waals surface area contributed by atoms with Crippen molar-refractivity contribution in [1.82, 2.24) is 0 Å². The molecule has 1 atom stereocenters. The molecule has 0 aliphatic rings. The number of esters is 2.